The normalized spacial score (nSPS) is 18.4. The highest BCUT2D eigenvalue weighted by Gasteiger charge is 2.36. The molecule has 1 heterocycles. The first-order valence-electron chi connectivity index (χ1n) is 8.12. The molecule has 0 bridgehead atoms. The molecule has 25 heavy (non-hydrogen) atoms. The van der Waals surface area contributed by atoms with Crippen molar-refractivity contribution in [3.05, 3.63) is 59.7 Å². The van der Waals surface area contributed by atoms with Crippen LogP contribution in [0.25, 0.3) is 0 Å². The van der Waals surface area contributed by atoms with Crippen molar-refractivity contribution in [3.8, 4) is 5.75 Å². The molecular weight excluding hydrogens is 348 g/mol. The van der Waals surface area contributed by atoms with E-state index in [1.807, 2.05) is 19.1 Å². The summed E-state index contributed by atoms with van der Waals surface area (Å²) in [4.78, 5) is -0.358. The van der Waals surface area contributed by atoms with Crippen LogP contribution in [-0.4, -0.2) is 25.9 Å². The third kappa shape index (κ3) is 3.67. The van der Waals surface area contributed by atoms with Gasteiger partial charge >= 0.3 is 0 Å². The highest BCUT2D eigenvalue weighted by atomic mass is 32.2. The summed E-state index contributed by atoms with van der Waals surface area (Å²) in [5.74, 6) is -1.10. The number of rotatable bonds is 5. The summed E-state index contributed by atoms with van der Waals surface area (Å²) in [5.41, 5.74) is 0.835. The molecule has 3 rings (SSSR count). The number of halogens is 2. The molecule has 7 heteroatoms. The highest BCUT2D eigenvalue weighted by molar-refractivity contribution is 7.89. The van der Waals surface area contributed by atoms with E-state index in [9.17, 15) is 17.2 Å². The smallest absolute Gasteiger partial charge is 0.243 e. The lowest BCUT2D eigenvalue weighted by atomic mass is 10.1. The van der Waals surface area contributed by atoms with Gasteiger partial charge in [-0.1, -0.05) is 12.1 Å². The Hall–Kier alpha value is -1.99. The van der Waals surface area contributed by atoms with Gasteiger partial charge in [0, 0.05) is 12.6 Å². The molecule has 1 aliphatic rings. The van der Waals surface area contributed by atoms with Crippen LogP contribution in [0, 0.1) is 11.6 Å². The van der Waals surface area contributed by atoms with E-state index in [2.05, 4.69) is 0 Å². The Bertz CT molecular complexity index is 833. The molecular formula is C18H19F2NO3S. The van der Waals surface area contributed by atoms with Crippen molar-refractivity contribution in [1.29, 1.82) is 0 Å². The maximum Gasteiger partial charge on any atom is 0.243 e. The first-order valence-corrected chi connectivity index (χ1v) is 9.56. The van der Waals surface area contributed by atoms with Crippen molar-refractivity contribution in [3.63, 3.8) is 0 Å². The van der Waals surface area contributed by atoms with E-state index < -0.39 is 21.7 Å². The molecule has 0 saturated carbocycles. The van der Waals surface area contributed by atoms with Gasteiger partial charge in [-0.3, -0.25) is 0 Å². The molecule has 2 aromatic rings. The minimum atomic E-state index is -3.98. The van der Waals surface area contributed by atoms with Crippen LogP contribution in [-0.2, 0) is 10.0 Å². The predicted octanol–water partition coefficient (Wildman–Crippen LogP) is 3.89. The number of ether oxygens (including phenoxy) is 1. The molecule has 0 aliphatic carbocycles. The molecule has 1 fully saturated rings. The molecule has 2 aromatic carbocycles. The molecule has 134 valence electrons. The second-order valence-electron chi connectivity index (χ2n) is 5.88. The van der Waals surface area contributed by atoms with Crippen LogP contribution in [0.3, 0.4) is 0 Å². The van der Waals surface area contributed by atoms with Gasteiger partial charge in [0.1, 0.15) is 17.4 Å². The Kier molecular flexibility index (Phi) is 5.06. The average Bonchev–Trinajstić information content (AvgIpc) is 3.05. The average molecular weight is 367 g/mol. The van der Waals surface area contributed by atoms with Gasteiger partial charge in [-0.25, -0.2) is 17.2 Å². The van der Waals surface area contributed by atoms with Crippen LogP contribution in [0.4, 0.5) is 8.78 Å². The molecule has 0 N–H and O–H groups in total. The van der Waals surface area contributed by atoms with Crippen LogP contribution >= 0.6 is 0 Å². The fourth-order valence-corrected chi connectivity index (χ4v) is 4.85. The molecule has 0 aromatic heterocycles. The zero-order valence-corrected chi connectivity index (χ0v) is 14.6. The summed E-state index contributed by atoms with van der Waals surface area (Å²) >= 11 is 0. The van der Waals surface area contributed by atoms with E-state index in [1.165, 1.54) is 4.31 Å². The van der Waals surface area contributed by atoms with Crippen LogP contribution in [0.1, 0.15) is 31.4 Å². The fraction of sp³-hybridized carbons (Fsp3) is 0.333. The summed E-state index contributed by atoms with van der Waals surface area (Å²) in [7, 11) is -3.98. The maximum atomic E-state index is 13.4. The highest BCUT2D eigenvalue weighted by Crippen LogP contribution is 2.37. The van der Waals surface area contributed by atoms with Gasteiger partial charge < -0.3 is 4.74 Å². The molecule has 1 atom stereocenters. The zero-order chi connectivity index (χ0) is 18.0. The number of hydrogen-bond donors (Lipinski definition) is 0. The van der Waals surface area contributed by atoms with Crippen molar-refractivity contribution < 1.29 is 21.9 Å². The van der Waals surface area contributed by atoms with Crippen LogP contribution < -0.4 is 4.74 Å². The van der Waals surface area contributed by atoms with E-state index in [0.29, 0.717) is 37.8 Å². The van der Waals surface area contributed by atoms with Gasteiger partial charge in [-0.05, 0) is 49.6 Å². The first-order chi connectivity index (χ1) is 11.9. The SMILES string of the molecule is CCOc1ccc([C@@H]2CCCN2S(=O)(=O)c2cc(F)cc(F)c2)cc1. The number of hydrogen-bond acceptors (Lipinski definition) is 3. The first kappa shape index (κ1) is 17.8. The zero-order valence-electron chi connectivity index (χ0n) is 13.8. The van der Waals surface area contributed by atoms with Gasteiger partial charge in [0.05, 0.1) is 17.5 Å². The monoisotopic (exact) mass is 367 g/mol. The minimum absolute atomic E-state index is 0.318. The molecule has 0 radical (unpaired) electrons. The van der Waals surface area contributed by atoms with Gasteiger partial charge in [0.15, 0.2) is 0 Å². The van der Waals surface area contributed by atoms with Crippen LogP contribution in [0.2, 0.25) is 0 Å². The minimum Gasteiger partial charge on any atom is -0.494 e. The molecule has 0 amide bonds. The lowest BCUT2D eigenvalue weighted by molar-refractivity contribution is 0.339. The maximum absolute atomic E-state index is 13.4. The summed E-state index contributed by atoms with van der Waals surface area (Å²) in [5, 5.41) is 0. The van der Waals surface area contributed by atoms with Gasteiger partial charge in [-0.2, -0.15) is 4.31 Å². The van der Waals surface area contributed by atoms with Gasteiger partial charge in [0.25, 0.3) is 0 Å². The second-order valence-corrected chi connectivity index (χ2v) is 7.77. The van der Waals surface area contributed by atoms with Crippen molar-refractivity contribution in [2.75, 3.05) is 13.2 Å². The Morgan fingerprint density at radius 2 is 1.76 bits per heavy atom. The lowest BCUT2D eigenvalue weighted by Gasteiger charge is -2.24. The van der Waals surface area contributed by atoms with E-state index in [4.69, 9.17) is 4.74 Å². The lowest BCUT2D eigenvalue weighted by Crippen LogP contribution is -2.30. The Labute approximate surface area is 146 Å². The standard InChI is InChI=1S/C18H19F2NO3S/c1-2-24-16-7-5-13(6-8-16)18-4-3-9-21(18)25(22,23)17-11-14(19)10-15(20)12-17/h5-8,10-12,18H,2-4,9H2,1H3/t18-/m0/s1. The summed E-state index contributed by atoms with van der Waals surface area (Å²) < 4.78 is 59.3. The molecule has 1 saturated heterocycles. The van der Waals surface area contributed by atoms with E-state index >= 15 is 0 Å². The van der Waals surface area contributed by atoms with Crippen molar-refractivity contribution in [2.24, 2.45) is 0 Å². The number of benzene rings is 2. The predicted molar refractivity (Wildman–Crippen MR) is 89.8 cm³/mol. The Balaban J connectivity index is 1.92. The topological polar surface area (TPSA) is 46.6 Å². The van der Waals surface area contributed by atoms with Crippen molar-refractivity contribution in [2.45, 2.75) is 30.7 Å². The Morgan fingerprint density at radius 1 is 1.12 bits per heavy atom. The van der Waals surface area contributed by atoms with Crippen LogP contribution in [0.15, 0.2) is 47.4 Å². The molecule has 0 spiro atoms. The van der Waals surface area contributed by atoms with E-state index in [0.717, 1.165) is 17.7 Å². The molecule has 1 aliphatic heterocycles. The van der Waals surface area contributed by atoms with Crippen molar-refractivity contribution >= 4 is 10.0 Å². The largest absolute Gasteiger partial charge is 0.494 e. The van der Waals surface area contributed by atoms with E-state index in [1.54, 1.807) is 12.1 Å². The number of nitrogens with zero attached hydrogens (tertiary/aromatic N) is 1. The Morgan fingerprint density at radius 3 is 2.36 bits per heavy atom. The fourth-order valence-electron chi connectivity index (χ4n) is 3.13. The summed E-state index contributed by atoms with van der Waals surface area (Å²) in [6.45, 7) is 2.75. The molecule has 0 unspecified atom stereocenters. The van der Waals surface area contributed by atoms with Gasteiger partial charge in [-0.15, -0.1) is 0 Å². The third-order valence-corrected chi connectivity index (χ3v) is 6.11. The molecule has 4 nitrogen and oxygen atoms in total. The quantitative estimate of drug-likeness (QED) is 0.805. The number of sulfonamides is 1. The van der Waals surface area contributed by atoms with Gasteiger partial charge in [0.2, 0.25) is 10.0 Å². The third-order valence-electron chi connectivity index (χ3n) is 4.22. The van der Waals surface area contributed by atoms with Crippen molar-refractivity contribution in [1.82, 2.24) is 4.31 Å². The summed E-state index contributed by atoms with van der Waals surface area (Å²) in [6, 6.07) is 9.26. The van der Waals surface area contributed by atoms with Crippen LogP contribution in [0.5, 0.6) is 5.75 Å². The summed E-state index contributed by atoms with van der Waals surface area (Å²) in [6.07, 6.45) is 1.35. The van der Waals surface area contributed by atoms with E-state index in [-0.39, 0.29) is 10.9 Å². The second kappa shape index (κ2) is 7.09.